The third kappa shape index (κ3) is 6.21. The summed E-state index contributed by atoms with van der Waals surface area (Å²) < 4.78 is 4.23. The van der Waals surface area contributed by atoms with Crippen molar-refractivity contribution in [2.75, 3.05) is 6.26 Å². The van der Waals surface area contributed by atoms with E-state index in [0.29, 0.717) is 6.42 Å². The molecular formula is C5H11BO4S. The fourth-order valence-corrected chi connectivity index (χ4v) is 0.857. The minimum absolute atomic E-state index is 0.141. The van der Waals surface area contributed by atoms with Crippen LogP contribution in [0.2, 0.25) is 0 Å². The topological polar surface area (TPSA) is 66.8 Å². The van der Waals surface area contributed by atoms with Crippen molar-refractivity contribution >= 4 is 25.4 Å². The Bertz CT molecular complexity index is 121. The summed E-state index contributed by atoms with van der Waals surface area (Å²) in [4.78, 5) is 10.6. The summed E-state index contributed by atoms with van der Waals surface area (Å²) in [6.07, 6.45) is 2.25. The predicted molar refractivity (Wildman–Crippen MR) is 44.2 cm³/mol. The highest BCUT2D eigenvalue weighted by atomic mass is 32.2. The monoisotopic (exact) mass is 178 g/mol. The lowest BCUT2D eigenvalue weighted by molar-refractivity contribution is -0.135. The number of carbonyl (C=O) groups is 1. The van der Waals surface area contributed by atoms with E-state index in [1.54, 1.807) is 6.26 Å². The van der Waals surface area contributed by atoms with Crippen LogP contribution in [0.1, 0.15) is 12.8 Å². The second-order valence-corrected chi connectivity index (χ2v) is 2.89. The minimum atomic E-state index is -0.589. The molecule has 1 atom stereocenters. The zero-order chi connectivity index (χ0) is 8.69. The van der Waals surface area contributed by atoms with Gasteiger partial charge in [0, 0.05) is 6.42 Å². The summed E-state index contributed by atoms with van der Waals surface area (Å²) in [5.74, 6) is -0.486. The van der Waals surface area contributed by atoms with Crippen molar-refractivity contribution in [1.82, 2.24) is 0 Å². The van der Waals surface area contributed by atoms with E-state index >= 15 is 0 Å². The van der Waals surface area contributed by atoms with Crippen LogP contribution in [0.15, 0.2) is 0 Å². The van der Waals surface area contributed by atoms with Crippen LogP contribution in [0, 0.1) is 0 Å². The lowest BCUT2D eigenvalue weighted by Crippen LogP contribution is -2.10. The van der Waals surface area contributed by atoms with Crippen molar-refractivity contribution in [3.63, 3.8) is 0 Å². The molecule has 0 aromatic carbocycles. The fraction of sp³-hybridized carbons (Fsp3) is 0.800. The van der Waals surface area contributed by atoms with Gasteiger partial charge in [-0.3, -0.25) is 4.79 Å². The lowest BCUT2D eigenvalue weighted by atomic mass is 10.3. The third-order valence-corrected chi connectivity index (χ3v) is 1.87. The molecule has 6 heteroatoms. The smallest absolute Gasteiger partial charge is 0.506 e. The van der Waals surface area contributed by atoms with Crippen LogP contribution in [0.5, 0.6) is 0 Å². The molecule has 2 N–H and O–H groups in total. The zero-order valence-electron chi connectivity index (χ0n) is 6.32. The first-order valence-electron chi connectivity index (χ1n) is 3.18. The van der Waals surface area contributed by atoms with Crippen molar-refractivity contribution in [3.8, 4) is 0 Å². The Hall–Kier alpha value is -0.195. The molecule has 0 spiro atoms. The fourth-order valence-electron chi connectivity index (χ4n) is 0.503. The van der Waals surface area contributed by atoms with Gasteiger partial charge in [-0.1, -0.05) is 0 Å². The molecule has 4 nitrogen and oxygen atoms in total. The van der Waals surface area contributed by atoms with Gasteiger partial charge in [-0.15, -0.1) is 11.8 Å². The number of carbonyl (C=O) groups excluding carboxylic acids is 1. The van der Waals surface area contributed by atoms with Gasteiger partial charge in [0.2, 0.25) is 0 Å². The molecule has 0 aliphatic rings. The summed E-state index contributed by atoms with van der Waals surface area (Å²) in [5, 5.41) is 17.1. The Morgan fingerprint density at radius 2 is 2.45 bits per heavy atom. The maximum Gasteiger partial charge on any atom is 0.506 e. The van der Waals surface area contributed by atoms with Crippen LogP contribution in [-0.4, -0.2) is 35.5 Å². The largest absolute Gasteiger partial charge is 0.512 e. The summed E-state index contributed by atoms with van der Waals surface area (Å²) in [6, 6.07) is 0. The van der Waals surface area contributed by atoms with E-state index in [1.807, 2.05) is 0 Å². The highest BCUT2D eigenvalue weighted by molar-refractivity contribution is 7.99. The second-order valence-electron chi connectivity index (χ2n) is 1.87. The van der Waals surface area contributed by atoms with E-state index in [1.165, 1.54) is 11.8 Å². The normalized spacial score (nSPS) is 12.3. The van der Waals surface area contributed by atoms with Gasteiger partial charge in [0.05, 0.1) is 5.44 Å². The van der Waals surface area contributed by atoms with Gasteiger partial charge >= 0.3 is 7.69 Å². The molecule has 0 aliphatic heterocycles. The molecule has 0 heterocycles. The van der Waals surface area contributed by atoms with E-state index in [9.17, 15) is 4.79 Å². The average Bonchev–Trinajstić information content (AvgIpc) is 2.01. The van der Waals surface area contributed by atoms with Gasteiger partial charge in [-0.2, -0.15) is 0 Å². The van der Waals surface area contributed by atoms with Crippen molar-refractivity contribution < 1.29 is 19.6 Å². The van der Waals surface area contributed by atoms with Crippen LogP contribution < -0.4 is 0 Å². The summed E-state index contributed by atoms with van der Waals surface area (Å²) in [5.41, 5.74) is -0.527. The standard InChI is InChI=1S/C5H11BO4S/c1-11-5(8)3-2-4(7)10-6-9/h5-6,8-9H,2-3H2,1H3. The van der Waals surface area contributed by atoms with Gasteiger partial charge in [-0.05, 0) is 12.7 Å². The van der Waals surface area contributed by atoms with Crippen molar-refractivity contribution in [3.05, 3.63) is 0 Å². The predicted octanol–water partition coefficient (Wildman–Crippen LogP) is -0.750. The van der Waals surface area contributed by atoms with E-state index in [-0.39, 0.29) is 6.42 Å². The van der Waals surface area contributed by atoms with Gasteiger partial charge in [0.25, 0.3) is 5.97 Å². The summed E-state index contributed by atoms with van der Waals surface area (Å²) in [6.45, 7) is 0. The molecule has 0 bridgehead atoms. The Balaban J connectivity index is 3.30. The first-order chi connectivity index (χ1) is 5.20. The lowest BCUT2D eigenvalue weighted by Gasteiger charge is -2.05. The SMILES string of the molecule is CSC(O)CCC(=O)OBO. The molecule has 0 aromatic rings. The molecule has 64 valence electrons. The minimum Gasteiger partial charge on any atom is -0.512 e. The van der Waals surface area contributed by atoms with Crippen LogP contribution in [0.25, 0.3) is 0 Å². The van der Waals surface area contributed by atoms with E-state index in [2.05, 4.69) is 4.65 Å². The molecular weight excluding hydrogens is 167 g/mol. The number of aliphatic hydroxyl groups is 1. The Morgan fingerprint density at radius 3 is 2.91 bits per heavy atom. The molecule has 0 amide bonds. The molecule has 1 unspecified atom stereocenters. The van der Waals surface area contributed by atoms with E-state index in [0.717, 1.165) is 0 Å². The number of hydrogen-bond donors (Lipinski definition) is 2. The second kappa shape index (κ2) is 6.51. The number of thioether (sulfide) groups is 1. The molecule has 0 fully saturated rings. The quantitative estimate of drug-likeness (QED) is 0.428. The van der Waals surface area contributed by atoms with Gasteiger partial charge < -0.3 is 14.8 Å². The van der Waals surface area contributed by atoms with E-state index < -0.39 is 19.1 Å². The highest BCUT2D eigenvalue weighted by Gasteiger charge is 2.06. The first-order valence-corrected chi connectivity index (χ1v) is 4.47. The molecule has 11 heavy (non-hydrogen) atoms. The van der Waals surface area contributed by atoms with Gasteiger partial charge in [-0.25, -0.2) is 0 Å². The van der Waals surface area contributed by atoms with Crippen LogP contribution in [0.3, 0.4) is 0 Å². The first kappa shape index (κ1) is 10.8. The Morgan fingerprint density at radius 1 is 1.82 bits per heavy atom. The molecule has 0 aromatic heterocycles. The summed E-state index contributed by atoms with van der Waals surface area (Å²) in [7, 11) is -0.589. The number of hydrogen-bond acceptors (Lipinski definition) is 5. The zero-order valence-corrected chi connectivity index (χ0v) is 7.13. The Labute approximate surface area is 70.2 Å². The number of aliphatic hydroxyl groups excluding tert-OH is 1. The maximum absolute atomic E-state index is 10.6. The molecule has 0 saturated heterocycles. The average molecular weight is 178 g/mol. The van der Waals surface area contributed by atoms with Crippen molar-refractivity contribution in [1.29, 1.82) is 0 Å². The number of rotatable bonds is 5. The van der Waals surface area contributed by atoms with Crippen LogP contribution in [0.4, 0.5) is 0 Å². The molecule has 0 aliphatic carbocycles. The highest BCUT2D eigenvalue weighted by Crippen LogP contribution is 2.09. The van der Waals surface area contributed by atoms with Crippen LogP contribution >= 0.6 is 11.8 Å². The van der Waals surface area contributed by atoms with Gasteiger partial charge in [0.15, 0.2) is 0 Å². The Kier molecular flexibility index (Phi) is 6.40. The molecule has 0 radical (unpaired) electrons. The third-order valence-electron chi connectivity index (χ3n) is 1.09. The van der Waals surface area contributed by atoms with Gasteiger partial charge in [0.1, 0.15) is 0 Å². The van der Waals surface area contributed by atoms with E-state index in [4.69, 9.17) is 10.1 Å². The van der Waals surface area contributed by atoms with Crippen molar-refractivity contribution in [2.24, 2.45) is 0 Å². The summed E-state index contributed by atoms with van der Waals surface area (Å²) >= 11 is 1.27. The molecule has 0 saturated carbocycles. The maximum atomic E-state index is 10.6. The van der Waals surface area contributed by atoms with Crippen LogP contribution in [-0.2, 0) is 9.45 Å². The van der Waals surface area contributed by atoms with Crippen molar-refractivity contribution in [2.45, 2.75) is 18.3 Å². The molecule has 0 rings (SSSR count).